The van der Waals surface area contributed by atoms with E-state index in [4.69, 9.17) is 10.5 Å². The van der Waals surface area contributed by atoms with Crippen LogP contribution in [0.15, 0.2) is 18.2 Å². The third-order valence-corrected chi connectivity index (χ3v) is 2.22. The molecule has 88 valence electrons. The van der Waals surface area contributed by atoms with Gasteiger partial charge in [-0.25, -0.2) is 4.39 Å². The van der Waals surface area contributed by atoms with Gasteiger partial charge in [-0.2, -0.15) is 0 Å². The fourth-order valence-electron chi connectivity index (χ4n) is 1.25. The van der Waals surface area contributed by atoms with Crippen LogP contribution in [0, 0.1) is 5.82 Å². The molecule has 0 saturated heterocycles. The van der Waals surface area contributed by atoms with Gasteiger partial charge in [0.15, 0.2) is 0 Å². The summed E-state index contributed by atoms with van der Waals surface area (Å²) in [6.07, 6.45) is 0. The SMILES string of the molecule is COCCN(C)C(=O)c1cc(F)ccc1N. The minimum absolute atomic E-state index is 0.179. The molecule has 0 aromatic heterocycles. The maximum atomic E-state index is 13.0. The standard InChI is InChI=1S/C11H15FN2O2/c1-14(5-6-16-2)11(15)9-7-8(12)3-4-10(9)13/h3-4,7H,5-6,13H2,1-2H3. The van der Waals surface area contributed by atoms with Crippen LogP contribution in [0.25, 0.3) is 0 Å². The Labute approximate surface area is 93.8 Å². The Morgan fingerprint density at radius 1 is 1.56 bits per heavy atom. The molecule has 0 aliphatic heterocycles. The van der Waals surface area contributed by atoms with E-state index in [2.05, 4.69) is 0 Å². The topological polar surface area (TPSA) is 55.6 Å². The minimum Gasteiger partial charge on any atom is -0.398 e. The zero-order chi connectivity index (χ0) is 12.1. The molecule has 0 aliphatic rings. The quantitative estimate of drug-likeness (QED) is 0.783. The Hall–Kier alpha value is -1.62. The molecule has 0 bridgehead atoms. The van der Waals surface area contributed by atoms with E-state index in [1.807, 2.05) is 0 Å². The number of hydrogen-bond donors (Lipinski definition) is 1. The summed E-state index contributed by atoms with van der Waals surface area (Å²) in [6.45, 7) is 0.864. The molecule has 5 heteroatoms. The highest BCUT2D eigenvalue weighted by molar-refractivity contribution is 5.98. The Morgan fingerprint density at radius 2 is 2.25 bits per heavy atom. The fraction of sp³-hybridized carbons (Fsp3) is 0.364. The highest BCUT2D eigenvalue weighted by Crippen LogP contribution is 2.15. The number of nitrogen functional groups attached to an aromatic ring is 1. The average Bonchev–Trinajstić information content (AvgIpc) is 2.28. The lowest BCUT2D eigenvalue weighted by atomic mass is 10.1. The van der Waals surface area contributed by atoms with Crippen LogP contribution in [0.4, 0.5) is 10.1 Å². The van der Waals surface area contributed by atoms with E-state index >= 15 is 0 Å². The van der Waals surface area contributed by atoms with Crippen LogP contribution in [0.2, 0.25) is 0 Å². The molecule has 1 amide bonds. The maximum absolute atomic E-state index is 13.0. The number of carbonyl (C=O) groups is 1. The van der Waals surface area contributed by atoms with Gasteiger partial charge in [-0.1, -0.05) is 0 Å². The van der Waals surface area contributed by atoms with E-state index in [1.165, 1.54) is 17.0 Å². The number of ether oxygens (including phenoxy) is 1. The summed E-state index contributed by atoms with van der Waals surface area (Å²) < 4.78 is 17.8. The zero-order valence-corrected chi connectivity index (χ0v) is 9.37. The summed E-state index contributed by atoms with van der Waals surface area (Å²) in [7, 11) is 3.17. The number of halogens is 1. The number of nitrogens with zero attached hydrogens (tertiary/aromatic N) is 1. The molecule has 0 unspecified atom stereocenters. The van der Waals surface area contributed by atoms with E-state index in [-0.39, 0.29) is 17.2 Å². The third-order valence-electron chi connectivity index (χ3n) is 2.22. The van der Waals surface area contributed by atoms with Crippen LogP contribution in [0.5, 0.6) is 0 Å². The van der Waals surface area contributed by atoms with Crippen LogP contribution >= 0.6 is 0 Å². The first-order valence-electron chi connectivity index (χ1n) is 4.85. The van der Waals surface area contributed by atoms with Gasteiger partial charge in [0.1, 0.15) is 5.82 Å². The molecule has 1 aromatic carbocycles. The molecule has 1 rings (SSSR count). The normalized spacial score (nSPS) is 10.2. The van der Waals surface area contributed by atoms with Crippen LogP contribution in [0.3, 0.4) is 0 Å². The molecule has 4 nitrogen and oxygen atoms in total. The van der Waals surface area contributed by atoms with Crippen LogP contribution < -0.4 is 5.73 Å². The van der Waals surface area contributed by atoms with Crippen molar-refractivity contribution >= 4 is 11.6 Å². The first kappa shape index (κ1) is 12.4. The van der Waals surface area contributed by atoms with Crippen LogP contribution in [-0.4, -0.2) is 38.1 Å². The molecule has 0 atom stereocenters. The number of likely N-dealkylation sites (N-methyl/N-ethyl adjacent to an activating group) is 1. The molecule has 0 spiro atoms. The number of anilines is 1. The second kappa shape index (κ2) is 5.46. The fourth-order valence-corrected chi connectivity index (χ4v) is 1.25. The van der Waals surface area contributed by atoms with Crippen molar-refractivity contribution in [3.8, 4) is 0 Å². The lowest BCUT2D eigenvalue weighted by Gasteiger charge is -2.17. The number of hydrogen-bond acceptors (Lipinski definition) is 3. The summed E-state index contributed by atoms with van der Waals surface area (Å²) in [5.74, 6) is -0.785. The second-order valence-electron chi connectivity index (χ2n) is 3.45. The van der Waals surface area contributed by atoms with E-state index in [0.717, 1.165) is 6.07 Å². The maximum Gasteiger partial charge on any atom is 0.255 e. The van der Waals surface area contributed by atoms with Gasteiger partial charge in [0, 0.05) is 26.4 Å². The molecule has 16 heavy (non-hydrogen) atoms. The van der Waals surface area contributed by atoms with Gasteiger partial charge in [0.25, 0.3) is 5.91 Å². The van der Waals surface area contributed by atoms with Crippen molar-refractivity contribution in [3.05, 3.63) is 29.6 Å². The van der Waals surface area contributed by atoms with Crippen LogP contribution in [-0.2, 0) is 4.74 Å². The molecule has 1 aromatic rings. The van der Waals surface area contributed by atoms with Crippen molar-refractivity contribution < 1.29 is 13.9 Å². The summed E-state index contributed by atoms with van der Waals surface area (Å²) in [5, 5.41) is 0. The Kier molecular flexibility index (Phi) is 4.25. The number of nitrogens with two attached hydrogens (primary N) is 1. The van der Waals surface area contributed by atoms with Crippen molar-refractivity contribution in [2.75, 3.05) is 33.0 Å². The van der Waals surface area contributed by atoms with Gasteiger partial charge in [-0.3, -0.25) is 4.79 Å². The zero-order valence-electron chi connectivity index (χ0n) is 9.37. The average molecular weight is 226 g/mol. The Balaban J connectivity index is 2.83. The smallest absolute Gasteiger partial charge is 0.255 e. The number of rotatable bonds is 4. The minimum atomic E-state index is -0.474. The summed E-state index contributed by atoms with van der Waals surface area (Å²) in [5.41, 5.74) is 6.06. The summed E-state index contributed by atoms with van der Waals surface area (Å²) in [4.78, 5) is 13.3. The van der Waals surface area contributed by atoms with Crippen molar-refractivity contribution in [2.45, 2.75) is 0 Å². The number of amides is 1. The van der Waals surface area contributed by atoms with Crippen molar-refractivity contribution in [1.29, 1.82) is 0 Å². The van der Waals surface area contributed by atoms with Crippen molar-refractivity contribution in [2.24, 2.45) is 0 Å². The van der Waals surface area contributed by atoms with E-state index in [0.29, 0.717) is 13.2 Å². The van der Waals surface area contributed by atoms with Gasteiger partial charge in [-0.15, -0.1) is 0 Å². The van der Waals surface area contributed by atoms with E-state index in [1.54, 1.807) is 14.2 Å². The van der Waals surface area contributed by atoms with Gasteiger partial charge in [0.2, 0.25) is 0 Å². The van der Waals surface area contributed by atoms with Crippen molar-refractivity contribution in [1.82, 2.24) is 4.90 Å². The molecular weight excluding hydrogens is 211 g/mol. The van der Waals surface area contributed by atoms with E-state index in [9.17, 15) is 9.18 Å². The number of methoxy groups -OCH3 is 1. The highest BCUT2D eigenvalue weighted by atomic mass is 19.1. The summed E-state index contributed by atoms with van der Waals surface area (Å²) in [6, 6.07) is 3.75. The number of benzene rings is 1. The second-order valence-corrected chi connectivity index (χ2v) is 3.45. The lowest BCUT2D eigenvalue weighted by molar-refractivity contribution is 0.0745. The molecular formula is C11H15FN2O2. The van der Waals surface area contributed by atoms with E-state index < -0.39 is 5.82 Å². The van der Waals surface area contributed by atoms with Crippen LogP contribution in [0.1, 0.15) is 10.4 Å². The van der Waals surface area contributed by atoms with Crippen molar-refractivity contribution in [3.63, 3.8) is 0 Å². The molecule has 0 saturated carbocycles. The number of carbonyl (C=O) groups excluding carboxylic acids is 1. The predicted octanol–water partition coefficient (Wildman–Crippen LogP) is 1.13. The molecule has 0 aliphatic carbocycles. The van der Waals surface area contributed by atoms with Gasteiger partial charge in [-0.05, 0) is 18.2 Å². The first-order chi connectivity index (χ1) is 7.56. The third kappa shape index (κ3) is 2.93. The van der Waals surface area contributed by atoms with Gasteiger partial charge in [0.05, 0.1) is 12.2 Å². The van der Waals surface area contributed by atoms with Gasteiger partial charge < -0.3 is 15.4 Å². The lowest BCUT2D eigenvalue weighted by Crippen LogP contribution is -2.30. The molecule has 0 heterocycles. The predicted molar refractivity (Wildman–Crippen MR) is 59.6 cm³/mol. The molecule has 0 radical (unpaired) electrons. The largest absolute Gasteiger partial charge is 0.398 e. The Bertz CT molecular complexity index is 382. The van der Waals surface area contributed by atoms with Gasteiger partial charge >= 0.3 is 0 Å². The summed E-state index contributed by atoms with van der Waals surface area (Å²) >= 11 is 0. The molecule has 2 N–H and O–H groups in total. The monoisotopic (exact) mass is 226 g/mol. The molecule has 0 fully saturated rings. The Morgan fingerprint density at radius 3 is 2.88 bits per heavy atom. The first-order valence-corrected chi connectivity index (χ1v) is 4.85. The highest BCUT2D eigenvalue weighted by Gasteiger charge is 2.14.